The molecule has 0 aliphatic carbocycles. The summed E-state index contributed by atoms with van der Waals surface area (Å²) in [4.78, 5) is 0. The number of amidine groups is 1. The Hall–Kier alpha value is -1.72. The second-order valence-electron chi connectivity index (χ2n) is 4.30. The molecular formula is C15H14BrClN2O2. The number of methoxy groups -OCH3 is 1. The van der Waals surface area contributed by atoms with E-state index in [1.165, 1.54) is 0 Å². The number of halogens is 2. The first-order valence-electron chi connectivity index (χ1n) is 6.10. The summed E-state index contributed by atoms with van der Waals surface area (Å²) < 4.78 is 11.9. The number of hydrogen-bond donors (Lipinski definition) is 2. The standard InChI is InChI=1S/C15H14BrClN2O2/c1-20-11-3-5-13(16)9(6-11)8-21-14-7-10(17)2-4-12(14)15(18)19/h2-7H,8H2,1H3,(H3,18,19). The molecule has 2 rings (SSSR count). The number of nitrogen functional groups attached to an aromatic ring is 1. The van der Waals surface area contributed by atoms with Crippen molar-refractivity contribution in [3.8, 4) is 11.5 Å². The van der Waals surface area contributed by atoms with E-state index in [-0.39, 0.29) is 5.84 Å². The summed E-state index contributed by atoms with van der Waals surface area (Å²) in [5.74, 6) is 1.16. The van der Waals surface area contributed by atoms with Crippen LogP contribution in [0.3, 0.4) is 0 Å². The summed E-state index contributed by atoms with van der Waals surface area (Å²) in [6.07, 6.45) is 0. The van der Waals surface area contributed by atoms with Crippen LogP contribution in [0, 0.1) is 5.41 Å². The molecule has 2 aromatic rings. The summed E-state index contributed by atoms with van der Waals surface area (Å²) in [6.45, 7) is 0.304. The van der Waals surface area contributed by atoms with E-state index in [9.17, 15) is 0 Å². The van der Waals surface area contributed by atoms with E-state index in [0.717, 1.165) is 15.8 Å². The lowest BCUT2D eigenvalue weighted by Gasteiger charge is -2.13. The highest BCUT2D eigenvalue weighted by molar-refractivity contribution is 9.10. The molecule has 6 heteroatoms. The third-order valence-electron chi connectivity index (χ3n) is 2.87. The van der Waals surface area contributed by atoms with Gasteiger partial charge >= 0.3 is 0 Å². The van der Waals surface area contributed by atoms with Crippen LogP contribution in [-0.4, -0.2) is 12.9 Å². The highest BCUT2D eigenvalue weighted by Crippen LogP contribution is 2.27. The van der Waals surface area contributed by atoms with E-state index in [1.54, 1.807) is 25.3 Å². The Bertz CT molecular complexity index is 677. The number of nitrogens with two attached hydrogens (primary N) is 1. The van der Waals surface area contributed by atoms with Crippen LogP contribution in [0.1, 0.15) is 11.1 Å². The monoisotopic (exact) mass is 368 g/mol. The van der Waals surface area contributed by atoms with Crippen molar-refractivity contribution in [1.29, 1.82) is 5.41 Å². The second-order valence-corrected chi connectivity index (χ2v) is 5.59. The maximum absolute atomic E-state index is 7.56. The van der Waals surface area contributed by atoms with Gasteiger partial charge in [-0.25, -0.2) is 0 Å². The molecule has 0 fully saturated rings. The summed E-state index contributed by atoms with van der Waals surface area (Å²) in [7, 11) is 1.61. The van der Waals surface area contributed by atoms with E-state index < -0.39 is 0 Å². The first kappa shape index (κ1) is 15.7. The lowest BCUT2D eigenvalue weighted by Crippen LogP contribution is -2.13. The normalized spacial score (nSPS) is 10.2. The van der Waals surface area contributed by atoms with Crippen LogP contribution in [0.15, 0.2) is 40.9 Å². The van der Waals surface area contributed by atoms with Gasteiger partial charge in [-0.1, -0.05) is 27.5 Å². The third-order valence-corrected chi connectivity index (χ3v) is 3.88. The fourth-order valence-electron chi connectivity index (χ4n) is 1.78. The van der Waals surface area contributed by atoms with E-state index in [0.29, 0.717) is 22.9 Å². The molecule has 0 radical (unpaired) electrons. The van der Waals surface area contributed by atoms with Gasteiger partial charge in [0.15, 0.2) is 0 Å². The van der Waals surface area contributed by atoms with Crippen molar-refractivity contribution in [2.45, 2.75) is 6.61 Å². The van der Waals surface area contributed by atoms with Crippen LogP contribution < -0.4 is 15.2 Å². The van der Waals surface area contributed by atoms with Crippen LogP contribution in [0.2, 0.25) is 5.02 Å². The molecular weight excluding hydrogens is 356 g/mol. The zero-order valence-electron chi connectivity index (χ0n) is 11.3. The average Bonchev–Trinajstić information content (AvgIpc) is 2.46. The van der Waals surface area contributed by atoms with E-state index in [4.69, 9.17) is 32.2 Å². The van der Waals surface area contributed by atoms with Gasteiger partial charge in [0.2, 0.25) is 0 Å². The maximum Gasteiger partial charge on any atom is 0.132 e. The Balaban J connectivity index is 2.24. The summed E-state index contributed by atoms with van der Waals surface area (Å²) in [5, 5.41) is 8.09. The fourth-order valence-corrected chi connectivity index (χ4v) is 2.31. The highest BCUT2D eigenvalue weighted by atomic mass is 79.9. The second kappa shape index (κ2) is 6.83. The predicted molar refractivity (Wildman–Crippen MR) is 87.5 cm³/mol. The van der Waals surface area contributed by atoms with Crippen molar-refractivity contribution in [2.24, 2.45) is 5.73 Å². The van der Waals surface area contributed by atoms with Gasteiger partial charge in [-0.15, -0.1) is 0 Å². The van der Waals surface area contributed by atoms with Crippen molar-refractivity contribution < 1.29 is 9.47 Å². The van der Waals surface area contributed by atoms with Crippen molar-refractivity contribution >= 4 is 33.4 Å². The summed E-state index contributed by atoms with van der Waals surface area (Å²) in [5.41, 5.74) is 6.97. The van der Waals surface area contributed by atoms with Crippen molar-refractivity contribution in [1.82, 2.24) is 0 Å². The average molecular weight is 370 g/mol. The predicted octanol–water partition coefficient (Wildman–Crippen LogP) is 3.97. The van der Waals surface area contributed by atoms with E-state index in [2.05, 4.69) is 15.9 Å². The zero-order valence-corrected chi connectivity index (χ0v) is 13.7. The first-order valence-corrected chi connectivity index (χ1v) is 7.27. The van der Waals surface area contributed by atoms with Crippen LogP contribution in [0.4, 0.5) is 0 Å². The molecule has 0 bridgehead atoms. The Labute approximate surface area is 136 Å². The van der Waals surface area contributed by atoms with Gasteiger partial charge in [0.1, 0.15) is 23.9 Å². The molecule has 0 saturated heterocycles. The van der Waals surface area contributed by atoms with Gasteiger partial charge < -0.3 is 15.2 Å². The molecule has 3 N–H and O–H groups in total. The molecule has 4 nitrogen and oxygen atoms in total. The number of hydrogen-bond acceptors (Lipinski definition) is 3. The van der Waals surface area contributed by atoms with Crippen LogP contribution in [0.25, 0.3) is 0 Å². The largest absolute Gasteiger partial charge is 0.497 e. The molecule has 0 aliphatic heterocycles. The lowest BCUT2D eigenvalue weighted by atomic mass is 10.2. The van der Waals surface area contributed by atoms with Gasteiger partial charge in [0.25, 0.3) is 0 Å². The van der Waals surface area contributed by atoms with Crippen LogP contribution in [-0.2, 0) is 6.61 Å². The smallest absolute Gasteiger partial charge is 0.132 e. The minimum Gasteiger partial charge on any atom is -0.497 e. The quantitative estimate of drug-likeness (QED) is 0.619. The summed E-state index contributed by atoms with van der Waals surface area (Å²) >= 11 is 9.43. The molecule has 0 amide bonds. The van der Waals surface area contributed by atoms with Gasteiger partial charge in [-0.3, -0.25) is 5.41 Å². The number of benzene rings is 2. The van der Waals surface area contributed by atoms with E-state index in [1.807, 2.05) is 18.2 Å². The fraction of sp³-hybridized carbons (Fsp3) is 0.133. The molecule has 0 heterocycles. The Kier molecular flexibility index (Phi) is 5.09. The first-order chi connectivity index (χ1) is 10.0. The lowest BCUT2D eigenvalue weighted by molar-refractivity contribution is 0.304. The molecule has 0 unspecified atom stereocenters. The molecule has 2 aromatic carbocycles. The van der Waals surface area contributed by atoms with Gasteiger partial charge in [-0.2, -0.15) is 0 Å². The SMILES string of the molecule is COc1ccc(Br)c(COc2cc(Cl)ccc2C(=N)N)c1. The molecule has 0 spiro atoms. The topological polar surface area (TPSA) is 68.3 Å². The van der Waals surface area contributed by atoms with Crippen LogP contribution >= 0.6 is 27.5 Å². The minimum atomic E-state index is -0.0635. The van der Waals surface area contributed by atoms with Crippen LogP contribution in [0.5, 0.6) is 11.5 Å². The van der Waals surface area contributed by atoms with Crippen molar-refractivity contribution in [3.05, 3.63) is 57.0 Å². The van der Waals surface area contributed by atoms with Gasteiger partial charge in [0, 0.05) is 15.1 Å². The molecule has 0 atom stereocenters. The molecule has 0 aromatic heterocycles. The maximum atomic E-state index is 7.56. The van der Waals surface area contributed by atoms with Gasteiger partial charge in [0.05, 0.1) is 12.7 Å². The minimum absolute atomic E-state index is 0.0635. The molecule has 0 saturated carbocycles. The Morgan fingerprint density at radius 3 is 2.71 bits per heavy atom. The van der Waals surface area contributed by atoms with Crippen molar-refractivity contribution in [3.63, 3.8) is 0 Å². The van der Waals surface area contributed by atoms with Crippen molar-refractivity contribution in [2.75, 3.05) is 7.11 Å². The molecule has 110 valence electrons. The number of rotatable bonds is 5. The third kappa shape index (κ3) is 3.89. The number of nitrogens with one attached hydrogen (secondary N) is 1. The molecule has 21 heavy (non-hydrogen) atoms. The zero-order chi connectivity index (χ0) is 15.4. The Morgan fingerprint density at radius 1 is 1.29 bits per heavy atom. The summed E-state index contributed by atoms with van der Waals surface area (Å²) in [6, 6.07) is 10.6. The molecule has 0 aliphatic rings. The highest BCUT2D eigenvalue weighted by Gasteiger charge is 2.09. The Morgan fingerprint density at radius 2 is 2.05 bits per heavy atom. The van der Waals surface area contributed by atoms with Gasteiger partial charge in [-0.05, 0) is 36.4 Å². The van der Waals surface area contributed by atoms with E-state index >= 15 is 0 Å². The number of ether oxygens (including phenoxy) is 2.